The van der Waals surface area contributed by atoms with Gasteiger partial charge in [0.25, 0.3) is 5.56 Å². The summed E-state index contributed by atoms with van der Waals surface area (Å²) < 4.78 is 7.64. The van der Waals surface area contributed by atoms with Gasteiger partial charge in [0.15, 0.2) is 11.7 Å². The molecule has 0 atom stereocenters. The van der Waals surface area contributed by atoms with Crippen molar-refractivity contribution < 1.29 is 4.74 Å². The van der Waals surface area contributed by atoms with Gasteiger partial charge < -0.3 is 4.74 Å². The van der Waals surface area contributed by atoms with Gasteiger partial charge in [-0.2, -0.15) is 0 Å². The van der Waals surface area contributed by atoms with Crippen molar-refractivity contribution in [2.75, 3.05) is 7.11 Å². The minimum absolute atomic E-state index is 0.199. The van der Waals surface area contributed by atoms with Crippen LogP contribution in [0.5, 0.6) is 5.75 Å². The van der Waals surface area contributed by atoms with E-state index in [2.05, 4.69) is 15.2 Å². The van der Waals surface area contributed by atoms with Crippen molar-refractivity contribution in [1.29, 1.82) is 0 Å². The zero-order valence-electron chi connectivity index (χ0n) is 15.4. The van der Waals surface area contributed by atoms with E-state index in [0.29, 0.717) is 5.69 Å². The number of amidine groups is 1. The second kappa shape index (κ2) is 7.07. The first-order chi connectivity index (χ1) is 13.6. The molecule has 2 aromatic carbocycles. The number of nitrogens with zero attached hydrogens (tertiary/aromatic N) is 5. The van der Waals surface area contributed by atoms with Crippen molar-refractivity contribution in [2.24, 2.45) is 22.3 Å². The maximum Gasteiger partial charge on any atom is 0.332 e. The van der Waals surface area contributed by atoms with Crippen molar-refractivity contribution in [3.63, 3.8) is 0 Å². The predicted octanol–water partition coefficient (Wildman–Crippen LogP) is 2.78. The molecule has 0 aliphatic carbocycles. The molecule has 0 N–H and O–H groups in total. The molecule has 2 heterocycles. The Bertz CT molecular complexity index is 1210. The van der Waals surface area contributed by atoms with Gasteiger partial charge in [0.1, 0.15) is 11.3 Å². The lowest BCUT2D eigenvalue weighted by Crippen LogP contribution is -2.40. The summed E-state index contributed by atoms with van der Waals surface area (Å²) in [7, 11) is 3.03. The summed E-state index contributed by atoms with van der Waals surface area (Å²) in [4.78, 5) is 29.8. The summed E-state index contributed by atoms with van der Waals surface area (Å²) in [6.45, 7) is 0.247. The minimum Gasteiger partial charge on any atom is -0.497 e. The molecule has 3 aromatic rings. The number of aliphatic imine (C=N–C) groups is 1. The van der Waals surface area contributed by atoms with E-state index in [0.717, 1.165) is 15.9 Å². The van der Waals surface area contributed by atoms with Crippen molar-refractivity contribution in [3.05, 3.63) is 86.6 Å². The third kappa shape index (κ3) is 3.05. The van der Waals surface area contributed by atoms with Gasteiger partial charge in [0, 0.05) is 7.05 Å². The van der Waals surface area contributed by atoms with Gasteiger partial charge in [0.2, 0.25) is 0 Å². The Kier molecular flexibility index (Phi) is 4.44. The molecule has 1 aromatic heterocycles. The number of hydrogen-bond donors (Lipinski definition) is 0. The Morgan fingerprint density at radius 2 is 1.71 bits per heavy atom. The Hall–Kier alpha value is -3.81. The fourth-order valence-corrected chi connectivity index (χ4v) is 2.96. The molecule has 1 aliphatic rings. The number of ether oxygens (including phenoxy) is 1. The normalized spacial score (nSPS) is 13.7. The Balaban J connectivity index is 1.83. The van der Waals surface area contributed by atoms with Crippen LogP contribution in [-0.4, -0.2) is 22.1 Å². The van der Waals surface area contributed by atoms with Crippen LogP contribution in [0, 0.1) is 0 Å². The van der Waals surface area contributed by atoms with Crippen LogP contribution in [-0.2, 0) is 13.6 Å². The molecule has 4 rings (SSSR count). The smallest absolute Gasteiger partial charge is 0.332 e. The van der Waals surface area contributed by atoms with Gasteiger partial charge in [-0.05, 0) is 29.8 Å². The molecular formula is C20H17N5O3. The van der Waals surface area contributed by atoms with Crippen LogP contribution >= 0.6 is 0 Å². The fourth-order valence-electron chi connectivity index (χ4n) is 2.96. The molecule has 0 amide bonds. The number of para-hydroxylation sites is 1. The zero-order chi connectivity index (χ0) is 19.7. The molecule has 140 valence electrons. The van der Waals surface area contributed by atoms with Gasteiger partial charge in [-0.25, -0.2) is 9.79 Å². The highest BCUT2D eigenvalue weighted by Crippen LogP contribution is 2.26. The fraction of sp³-hybridized carbons (Fsp3) is 0.150. The van der Waals surface area contributed by atoms with Crippen LogP contribution in [0.3, 0.4) is 0 Å². The Morgan fingerprint density at radius 3 is 2.39 bits per heavy atom. The first kappa shape index (κ1) is 17.6. The summed E-state index contributed by atoms with van der Waals surface area (Å²) in [5.74, 6) is 1.14. The third-order valence-corrected chi connectivity index (χ3v) is 4.47. The molecule has 0 unspecified atom stereocenters. The van der Waals surface area contributed by atoms with E-state index < -0.39 is 11.2 Å². The maximum absolute atomic E-state index is 12.7. The highest BCUT2D eigenvalue weighted by Gasteiger charge is 2.26. The van der Waals surface area contributed by atoms with Gasteiger partial charge in [0.05, 0.1) is 19.3 Å². The summed E-state index contributed by atoms with van der Waals surface area (Å²) in [6, 6.07) is 16.5. The lowest BCUT2D eigenvalue weighted by atomic mass is 10.2. The van der Waals surface area contributed by atoms with Crippen LogP contribution in [0.25, 0.3) is 0 Å². The number of methoxy groups -OCH3 is 1. The number of benzene rings is 2. The minimum atomic E-state index is -0.467. The number of aromatic nitrogens is 2. The van der Waals surface area contributed by atoms with E-state index in [1.54, 1.807) is 19.2 Å². The van der Waals surface area contributed by atoms with Gasteiger partial charge in [-0.3, -0.25) is 13.9 Å². The molecule has 0 radical (unpaired) electrons. The lowest BCUT2D eigenvalue weighted by Gasteiger charge is -2.11. The molecule has 0 saturated heterocycles. The standard InChI is InChI=1S/C20H17N5O3/c1-24-19(26)16-17(21-14-6-4-3-5-7-14)22-23-18(16)25(20(24)27)12-13-8-10-15(28-2)11-9-13/h3-11H,12H2,1-2H3. The lowest BCUT2D eigenvalue weighted by molar-refractivity contribution is 0.414. The van der Waals surface area contributed by atoms with E-state index in [-0.39, 0.29) is 23.8 Å². The molecule has 8 heteroatoms. The molecule has 1 aliphatic heterocycles. The molecule has 8 nitrogen and oxygen atoms in total. The molecule has 28 heavy (non-hydrogen) atoms. The van der Waals surface area contributed by atoms with Crippen LogP contribution in [0.15, 0.2) is 79.4 Å². The molecule has 0 fully saturated rings. The van der Waals surface area contributed by atoms with E-state index >= 15 is 0 Å². The van der Waals surface area contributed by atoms with E-state index in [4.69, 9.17) is 4.74 Å². The molecule has 0 spiro atoms. The van der Waals surface area contributed by atoms with E-state index in [1.807, 2.05) is 42.5 Å². The summed E-state index contributed by atoms with van der Waals surface area (Å²) >= 11 is 0. The van der Waals surface area contributed by atoms with Gasteiger partial charge in [-0.1, -0.05) is 30.3 Å². The Labute approximate surface area is 160 Å². The first-order valence-corrected chi connectivity index (χ1v) is 8.61. The zero-order valence-corrected chi connectivity index (χ0v) is 15.4. The van der Waals surface area contributed by atoms with Crippen LogP contribution in [0.1, 0.15) is 11.1 Å². The van der Waals surface area contributed by atoms with Crippen molar-refractivity contribution in [1.82, 2.24) is 9.13 Å². The van der Waals surface area contributed by atoms with Crippen molar-refractivity contribution in [2.45, 2.75) is 6.54 Å². The summed E-state index contributed by atoms with van der Waals surface area (Å²) in [5, 5.41) is 8.14. The second-order valence-corrected chi connectivity index (χ2v) is 6.25. The SMILES string of the molecule is COc1ccc(Cn2c3c(c(=O)n(C)c2=O)C(=Nc2ccccc2)N=N3)cc1. The highest BCUT2D eigenvalue weighted by molar-refractivity contribution is 6.05. The van der Waals surface area contributed by atoms with Crippen molar-refractivity contribution in [3.8, 4) is 5.75 Å². The predicted molar refractivity (Wildman–Crippen MR) is 105 cm³/mol. The van der Waals surface area contributed by atoms with Crippen LogP contribution in [0.2, 0.25) is 0 Å². The van der Waals surface area contributed by atoms with E-state index in [9.17, 15) is 9.59 Å². The quantitative estimate of drug-likeness (QED) is 0.702. The van der Waals surface area contributed by atoms with Crippen molar-refractivity contribution >= 4 is 17.3 Å². The molecule has 0 bridgehead atoms. The number of hydrogen-bond acceptors (Lipinski definition) is 5. The number of rotatable bonds is 4. The van der Waals surface area contributed by atoms with E-state index in [1.165, 1.54) is 11.6 Å². The Morgan fingerprint density at radius 1 is 1.00 bits per heavy atom. The topological polar surface area (TPSA) is 90.3 Å². The average Bonchev–Trinajstić information content (AvgIpc) is 3.14. The summed E-state index contributed by atoms with van der Waals surface area (Å²) in [6.07, 6.45) is 0. The van der Waals surface area contributed by atoms with Gasteiger partial charge >= 0.3 is 5.69 Å². The van der Waals surface area contributed by atoms with Gasteiger partial charge in [-0.15, -0.1) is 10.2 Å². The maximum atomic E-state index is 12.7. The highest BCUT2D eigenvalue weighted by atomic mass is 16.5. The monoisotopic (exact) mass is 375 g/mol. The largest absolute Gasteiger partial charge is 0.497 e. The second-order valence-electron chi connectivity index (χ2n) is 6.25. The third-order valence-electron chi connectivity index (χ3n) is 4.47. The molecular weight excluding hydrogens is 358 g/mol. The van der Waals surface area contributed by atoms with Crippen LogP contribution < -0.4 is 16.0 Å². The number of fused-ring (bicyclic) bond motifs is 1. The van der Waals surface area contributed by atoms with Crippen LogP contribution in [0.4, 0.5) is 11.5 Å². The average molecular weight is 375 g/mol. The first-order valence-electron chi connectivity index (χ1n) is 8.61. The molecule has 0 saturated carbocycles. The summed E-state index contributed by atoms with van der Waals surface area (Å²) in [5.41, 5.74) is 0.816. The number of azo groups is 1.